The number of hydrogen-bond donors (Lipinski definition) is 2. The minimum absolute atomic E-state index is 0.318. The molecular formula is C14H15N5O2. The third-order valence-electron chi connectivity index (χ3n) is 3.32. The van der Waals surface area contributed by atoms with Crippen LogP contribution in [0.2, 0.25) is 0 Å². The topological polar surface area (TPSA) is 98.3 Å². The van der Waals surface area contributed by atoms with E-state index in [4.69, 9.17) is 10.5 Å². The van der Waals surface area contributed by atoms with Gasteiger partial charge in [-0.25, -0.2) is 14.3 Å². The fourth-order valence-electron chi connectivity index (χ4n) is 2.16. The number of H-pyrrole nitrogens is 1. The molecule has 0 radical (unpaired) electrons. The van der Waals surface area contributed by atoms with Gasteiger partial charge in [-0.05, 0) is 44.0 Å². The molecule has 2 aromatic heterocycles. The summed E-state index contributed by atoms with van der Waals surface area (Å²) in [6.07, 6.45) is 0. The Bertz CT molecular complexity index is 894. The minimum Gasteiger partial charge on any atom is -0.439 e. The number of anilines is 1. The van der Waals surface area contributed by atoms with Crippen LogP contribution >= 0.6 is 0 Å². The standard InChI is InChI=1S/C14H15N5O2/c1-7-5-11(8(2)4-10(7)15)21-13-6-12-17-18-14(20)19(12)9(3)16-13/h4-6H,15H2,1-3H3,(H,18,20). The van der Waals surface area contributed by atoms with Crippen molar-refractivity contribution in [3.63, 3.8) is 0 Å². The van der Waals surface area contributed by atoms with Gasteiger partial charge in [-0.2, -0.15) is 10.1 Å². The maximum Gasteiger partial charge on any atom is 0.349 e. The van der Waals surface area contributed by atoms with Gasteiger partial charge in [-0.3, -0.25) is 0 Å². The van der Waals surface area contributed by atoms with Crippen LogP contribution < -0.4 is 16.2 Å². The van der Waals surface area contributed by atoms with Gasteiger partial charge in [0.05, 0.1) is 0 Å². The zero-order valence-electron chi connectivity index (χ0n) is 12.0. The molecule has 0 aliphatic carbocycles. The molecule has 21 heavy (non-hydrogen) atoms. The summed E-state index contributed by atoms with van der Waals surface area (Å²) in [6, 6.07) is 5.33. The predicted octanol–water partition coefficient (Wildman–Crippen LogP) is 1.72. The Morgan fingerprint density at radius 3 is 2.71 bits per heavy atom. The average molecular weight is 285 g/mol. The van der Waals surface area contributed by atoms with Gasteiger partial charge in [0.2, 0.25) is 5.88 Å². The van der Waals surface area contributed by atoms with E-state index in [-0.39, 0.29) is 5.69 Å². The highest BCUT2D eigenvalue weighted by atomic mass is 16.5. The highest BCUT2D eigenvalue weighted by Crippen LogP contribution is 2.28. The van der Waals surface area contributed by atoms with Crippen LogP contribution in [0.25, 0.3) is 5.65 Å². The molecule has 3 N–H and O–H groups in total. The summed E-state index contributed by atoms with van der Waals surface area (Å²) in [6.45, 7) is 5.55. The molecule has 0 spiro atoms. The highest BCUT2D eigenvalue weighted by molar-refractivity contribution is 5.54. The van der Waals surface area contributed by atoms with Crippen LogP contribution in [-0.4, -0.2) is 19.6 Å². The number of nitrogens with zero attached hydrogens (tertiary/aromatic N) is 3. The lowest BCUT2D eigenvalue weighted by Crippen LogP contribution is -2.13. The minimum atomic E-state index is -0.318. The molecule has 0 atom stereocenters. The normalized spacial score (nSPS) is 11.0. The molecule has 0 fully saturated rings. The van der Waals surface area contributed by atoms with Crippen LogP contribution in [0.5, 0.6) is 11.6 Å². The number of rotatable bonds is 2. The molecule has 0 aliphatic heterocycles. The number of benzene rings is 1. The van der Waals surface area contributed by atoms with Crippen molar-refractivity contribution in [3.05, 3.63) is 45.6 Å². The van der Waals surface area contributed by atoms with E-state index < -0.39 is 0 Å². The third kappa shape index (κ3) is 2.22. The largest absolute Gasteiger partial charge is 0.439 e. The van der Waals surface area contributed by atoms with E-state index in [0.29, 0.717) is 23.1 Å². The second kappa shape index (κ2) is 4.62. The van der Waals surface area contributed by atoms with Gasteiger partial charge in [0.15, 0.2) is 5.65 Å². The van der Waals surface area contributed by atoms with Gasteiger partial charge in [-0.15, -0.1) is 0 Å². The molecule has 0 bridgehead atoms. The van der Waals surface area contributed by atoms with Gasteiger partial charge >= 0.3 is 5.69 Å². The Balaban J connectivity index is 2.06. The van der Waals surface area contributed by atoms with Crippen molar-refractivity contribution in [3.8, 4) is 11.6 Å². The number of nitrogen functional groups attached to an aromatic ring is 1. The highest BCUT2D eigenvalue weighted by Gasteiger charge is 2.10. The molecule has 0 aliphatic rings. The number of aromatic amines is 1. The van der Waals surface area contributed by atoms with E-state index in [0.717, 1.165) is 16.8 Å². The summed E-state index contributed by atoms with van der Waals surface area (Å²) in [5, 5.41) is 6.30. The zero-order chi connectivity index (χ0) is 15.1. The zero-order valence-corrected chi connectivity index (χ0v) is 12.0. The number of nitrogens with two attached hydrogens (primary N) is 1. The van der Waals surface area contributed by atoms with Crippen LogP contribution in [0, 0.1) is 20.8 Å². The van der Waals surface area contributed by atoms with E-state index in [2.05, 4.69) is 15.2 Å². The van der Waals surface area contributed by atoms with Gasteiger partial charge in [0, 0.05) is 11.8 Å². The Kier molecular flexibility index (Phi) is 2.90. The number of aryl methyl sites for hydroxylation is 3. The van der Waals surface area contributed by atoms with Crippen molar-refractivity contribution in [1.82, 2.24) is 19.6 Å². The van der Waals surface area contributed by atoms with Gasteiger partial charge in [-0.1, -0.05) is 0 Å². The van der Waals surface area contributed by atoms with Gasteiger partial charge < -0.3 is 10.5 Å². The molecule has 7 heteroatoms. The molecule has 2 heterocycles. The Morgan fingerprint density at radius 2 is 1.95 bits per heavy atom. The van der Waals surface area contributed by atoms with Crippen LogP contribution in [0.3, 0.4) is 0 Å². The van der Waals surface area contributed by atoms with Crippen LogP contribution in [0.1, 0.15) is 17.0 Å². The molecular weight excluding hydrogens is 270 g/mol. The first-order valence-corrected chi connectivity index (χ1v) is 6.45. The van der Waals surface area contributed by atoms with Gasteiger partial charge in [0.1, 0.15) is 11.6 Å². The number of ether oxygens (including phenoxy) is 1. The van der Waals surface area contributed by atoms with E-state index in [1.807, 2.05) is 26.0 Å². The first-order chi connectivity index (χ1) is 9.95. The summed E-state index contributed by atoms with van der Waals surface area (Å²) in [5.41, 5.74) is 8.58. The van der Waals surface area contributed by atoms with E-state index >= 15 is 0 Å². The maximum atomic E-state index is 11.6. The maximum absolute atomic E-state index is 11.6. The van der Waals surface area contributed by atoms with E-state index in [1.165, 1.54) is 4.40 Å². The summed E-state index contributed by atoms with van der Waals surface area (Å²) in [5.74, 6) is 1.56. The molecule has 0 unspecified atom stereocenters. The monoisotopic (exact) mass is 285 g/mol. The molecule has 0 saturated carbocycles. The number of fused-ring (bicyclic) bond motifs is 1. The lowest BCUT2D eigenvalue weighted by Gasteiger charge is -2.11. The van der Waals surface area contributed by atoms with Crippen molar-refractivity contribution in [2.24, 2.45) is 0 Å². The number of aromatic nitrogens is 4. The van der Waals surface area contributed by atoms with Crippen molar-refractivity contribution < 1.29 is 4.74 Å². The van der Waals surface area contributed by atoms with E-state index in [1.54, 1.807) is 13.0 Å². The molecule has 0 amide bonds. The first-order valence-electron chi connectivity index (χ1n) is 6.45. The average Bonchev–Trinajstić information content (AvgIpc) is 2.78. The lowest BCUT2D eigenvalue weighted by molar-refractivity contribution is 0.456. The second-order valence-electron chi connectivity index (χ2n) is 4.94. The smallest absolute Gasteiger partial charge is 0.349 e. The Morgan fingerprint density at radius 1 is 1.19 bits per heavy atom. The Labute approximate surface area is 120 Å². The quantitative estimate of drug-likeness (QED) is 0.698. The van der Waals surface area contributed by atoms with Crippen molar-refractivity contribution in [1.29, 1.82) is 0 Å². The molecule has 3 aromatic rings. The summed E-state index contributed by atoms with van der Waals surface area (Å²) >= 11 is 0. The number of nitrogens with one attached hydrogen (secondary N) is 1. The van der Waals surface area contributed by atoms with Crippen molar-refractivity contribution >= 4 is 11.3 Å². The van der Waals surface area contributed by atoms with Crippen LogP contribution in [0.4, 0.5) is 5.69 Å². The van der Waals surface area contributed by atoms with Crippen molar-refractivity contribution in [2.75, 3.05) is 5.73 Å². The lowest BCUT2D eigenvalue weighted by atomic mass is 10.1. The van der Waals surface area contributed by atoms with Gasteiger partial charge in [0.25, 0.3) is 0 Å². The van der Waals surface area contributed by atoms with Crippen LogP contribution in [0.15, 0.2) is 23.0 Å². The molecule has 1 aromatic carbocycles. The molecule has 108 valence electrons. The summed E-state index contributed by atoms with van der Waals surface area (Å²) < 4.78 is 7.19. The van der Waals surface area contributed by atoms with E-state index in [9.17, 15) is 4.79 Å². The fourth-order valence-corrected chi connectivity index (χ4v) is 2.16. The third-order valence-corrected chi connectivity index (χ3v) is 3.32. The molecule has 0 saturated heterocycles. The summed E-state index contributed by atoms with van der Waals surface area (Å²) in [4.78, 5) is 15.8. The summed E-state index contributed by atoms with van der Waals surface area (Å²) in [7, 11) is 0. The van der Waals surface area contributed by atoms with Crippen LogP contribution in [-0.2, 0) is 0 Å². The fraction of sp³-hybridized carbons (Fsp3) is 0.214. The van der Waals surface area contributed by atoms with Crippen molar-refractivity contribution in [2.45, 2.75) is 20.8 Å². The molecule has 7 nitrogen and oxygen atoms in total. The number of hydrogen-bond acceptors (Lipinski definition) is 5. The SMILES string of the molecule is Cc1cc(Oc2cc3n[nH]c(=O)n3c(C)n2)c(C)cc1N. The Hall–Kier alpha value is -2.83. The first kappa shape index (κ1) is 13.2. The predicted molar refractivity (Wildman–Crippen MR) is 78.7 cm³/mol. The molecule has 3 rings (SSSR count). The second-order valence-corrected chi connectivity index (χ2v) is 4.94.